The fourth-order valence-corrected chi connectivity index (χ4v) is 2.30. The highest BCUT2D eigenvalue weighted by Crippen LogP contribution is 2.17. The summed E-state index contributed by atoms with van der Waals surface area (Å²) in [5, 5.41) is 0.776. The van der Waals surface area contributed by atoms with E-state index in [0.29, 0.717) is 4.88 Å². The van der Waals surface area contributed by atoms with Crippen molar-refractivity contribution in [1.29, 1.82) is 0 Å². The van der Waals surface area contributed by atoms with Crippen molar-refractivity contribution in [3.63, 3.8) is 0 Å². The van der Waals surface area contributed by atoms with E-state index in [1.807, 2.05) is 36.4 Å². The highest BCUT2D eigenvalue weighted by Gasteiger charge is 2.08. The standard InChI is InChI=1S/C13H10BrNO2S/c1-17-13(16)11-8-15-12(18-11)7-4-9-2-5-10(14)6-3-9/h2-8H,1H3/b7-4+. The Morgan fingerprint density at radius 2 is 2.06 bits per heavy atom. The zero-order valence-corrected chi connectivity index (χ0v) is 12.0. The highest BCUT2D eigenvalue weighted by atomic mass is 79.9. The van der Waals surface area contributed by atoms with Crippen molar-refractivity contribution in [2.45, 2.75) is 0 Å². The molecule has 0 atom stereocenters. The van der Waals surface area contributed by atoms with Gasteiger partial charge in [-0.25, -0.2) is 9.78 Å². The molecule has 0 aliphatic heterocycles. The second-order valence-corrected chi connectivity index (χ2v) is 5.42. The first-order valence-corrected chi connectivity index (χ1v) is 6.78. The second-order valence-electron chi connectivity index (χ2n) is 3.44. The monoisotopic (exact) mass is 323 g/mol. The van der Waals surface area contributed by atoms with Crippen LogP contribution in [0.5, 0.6) is 0 Å². The van der Waals surface area contributed by atoms with Gasteiger partial charge in [-0.1, -0.05) is 34.1 Å². The number of halogens is 1. The summed E-state index contributed by atoms with van der Waals surface area (Å²) in [5.41, 5.74) is 1.08. The summed E-state index contributed by atoms with van der Waals surface area (Å²) in [4.78, 5) is 15.9. The molecule has 1 aromatic carbocycles. The number of esters is 1. The summed E-state index contributed by atoms with van der Waals surface area (Å²) < 4.78 is 5.67. The quantitative estimate of drug-likeness (QED) is 0.805. The minimum atomic E-state index is -0.351. The topological polar surface area (TPSA) is 39.2 Å². The van der Waals surface area contributed by atoms with Gasteiger partial charge in [0, 0.05) is 4.47 Å². The van der Waals surface area contributed by atoms with E-state index in [1.54, 1.807) is 0 Å². The molecule has 0 unspecified atom stereocenters. The molecule has 5 heteroatoms. The van der Waals surface area contributed by atoms with Crippen LogP contribution < -0.4 is 0 Å². The Morgan fingerprint density at radius 1 is 1.33 bits per heavy atom. The van der Waals surface area contributed by atoms with Crippen LogP contribution in [0.1, 0.15) is 20.2 Å². The molecule has 1 aromatic heterocycles. The van der Waals surface area contributed by atoms with Gasteiger partial charge in [-0.15, -0.1) is 11.3 Å². The van der Waals surface area contributed by atoms with Crippen molar-refractivity contribution in [1.82, 2.24) is 4.98 Å². The molecule has 0 saturated carbocycles. The maximum atomic E-state index is 11.3. The molecule has 0 radical (unpaired) electrons. The molecule has 0 aliphatic carbocycles. The van der Waals surface area contributed by atoms with Gasteiger partial charge in [0.05, 0.1) is 13.3 Å². The molecule has 0 amide bonds. The van der Waals surface area contributed by atoms with E-state index < -0.39 is 0 Å². The van der Waals surface area contributed by atoms with E-state index in [1.165, 1.54) is 24.6 Å². The van der Waals surface area contributed by atoms with E-state index in [-0.39, 0.29) is 5.97 Å². The third-order valence-corrected chi connectivity index (χ3v) is 3.67. The number of hydrogen-bond acceptors (Lipinski definition) is 4. The van der Waals surface area contributed by atoms with Crippen LogP contribution >= 0.6 is 27.3 Å². The lowest BCUT2D eigenvalue weighted by atomic mass is 10.2. The van der Waals surface area contributed by atoms with Crippen LogP contribution in [0.15, 0.2) is 34.9 Å². The van der Waals surface area contributed by atoms with Gasteiger partial charge in [-0.2, -0.15) is 0 Å². The SMILES string of the molecule is COC(=O)c1cnc(/C=C/c2ccc(Br)cc2)s1. The first-order valence-electron chi connectivity index (χ1n) is 5.17. The van der Waals surface area contributed by atoms with Crippen LogP contribution in [0.4, 0.5) is 0 Å². The molecule has 0 saturated heterocycles. The molecule has 0 fully saturated rings. The van der Waals surface area contributed by atoms with E-state index >= 15 is 0 Å². The van der Waals surface area contributed by atoms with Crippen molar-refractivity contribution in [3.05, 3.63) is 50.4 Å². The molecule has 92 valence electrons. The van der Waals surface area contributed by atoms with E-state index in [0.717, 1.165) is 15.0 Å². The Kier molecular flexibility index (Phi) is 4.28. The predicted molar refractivity (Wildman–Crippen MR) is 76.5 cm³/mol. The molecule has 0 bridgehead atoms. The van der Waals surface area contributed by atoms with Gasteiger partial charge in [-0.3, -0.25) is 0 Å². The fourth-order valence-electron chi connectivity index (χ4n) is 1.30. The van der Waals surface area contributed by atoms with Crippen molar-refractivity contribution >= 4 is 45.4 Å². The Bertz CT molecular complexity index is 575. The van der Waals surface area contributed by atoms with Crippen LogP contribution in [-0.2, 0) is 4.74 Å². The van der Waals surface area contributed by atoms with Crippen molar-refractivity contribution in [3.8, 4) is 0 Å². The lowest BCUT2D eigenvalue weighted by molar-refractivity contribution is 0.0606. The first-order chi connectivity index (χ1) is 8.69. The van der Waals surface area contributed by atoms with Crippen molar-refractivity contribution in [2.75, 3.05) is 7.11 Å². The van der Waals surface area contributed by atoms with Gasteiger partial charge in [-0.05, 0) is 23.8 Å². The highest BCUT2D eigenvalue weighted by molar-refractivity contribution is 9.10. The van der Waals surface area contributed by atoms with Gasteiger partial charge in [0.2, 0.25) is 0 Å². The molecule has 2 aromatic rings. The summed E-state index contributed by atoms with van der Waals surface area (Å²) in [5.74, 6) is -0.351. The number of thiazole rings is 1. The number of aromatic nitrogens is 1. The number of carbonyl (C=O) groups is 1. The molecular weight excluding hydrogens is 314 g/mol. The molecule has 0 aliphatic rings. The lowest BCUT2D eigenvalue weighted by Crippen LogP contribution is -1.96. The maximum absolute atomic E-state index is 11.3. The number of benzene rings is 1. The third kappa shape index (κ3) is 3.27. The van der Waals surface area contributed by atoms with Crippen LogP contribution in [0.25, 0.3) is 12.2 Å². The van der Waals surface area contributed by atoms with Gasteiger partial charge in [0.25, 0.3) is 0 Å². The summed E-state index contributed by atoms with van der Waals surface area (Å²) in [6.45, 7) is 0. The molecule has 1 heterocycles. The average Bonchev–Trinajstić information content (AvgIpc) is 2.86. The minimum Gasteiger partial charge on any atom is -0.465 e. The van der Waals surface area contributed by atoms with E-state index in [2.05, 4.69) is 25.7 Å². The predicted octanol–water partition coefficient (Wildman–Crippen LogP) is 3.86. The van der Waals surface area contributed by atoms with Crippen molar-refractivity contribution < 1.29 is 9.53 Å². The first kappa shape index (κ1) is 13.0. The average molecular weight is 324 g/mol. The van der Waals surface area contributed by atoms with Gasteiger partial charge < -0.3 is 4.74 Å². The smallest absolute Gasteiger partial charge is 0.349 e. The van der Waals surface area contributed by atoms with Gasteiger partial charge in [0.15, 0.2) is 0 Å². The molecule has 3 nitrogen and oxygen atoms in total. The number of ether oxygens (including phenoxy) is 1. The Morgan fingerprint density at radius 3 is 2.72 bits per heavy atom. The van der Waals surface area contributed by atoms with Gasteiger partial charge >= 0.3 is 5.97 Å². The summed E-state index contributed by atoms with van der Waals surface area (Å²) >= 11 is 4.69. The molecule has 0 spiro atoms. The number of nitrogens with zero attached hydrogens (tertiary/aromatic N) is 1. The number of hydrogen-bond donors (Lipinski definition) is 0. The number of rotatable bonds is 3. The van der Waals surface area contributed by atoms with Crippen molar-refractivity contribution in [2.24, 2.45) is 0 Å². The normalized spacial score (nSPS) is 10.8. The zero-order chi connectivity index (χ0) is 13.0. The van der Waals surface area contributed by atoms with Gasteiger partial charge in [0.1, 0.15) is 9.88 Å². The minimum absolute atomic E-state index is 0.351. The Hall–Kier alpha value is -1.46. The van der Waals surface area contributed by atoms with E-state index in [4.69, 9.17) is 0 Å². The van der Waals surface area contributed by atoms with Crippen LogP contribution in [0.2, 0.25) is 0 Å². The Balaban J connectivity index is 2.11. The summed E-state index contributed by atoms with van der Waals surface area (Å²) in [7, 11) is 1.36. The third-order valence-electron chi connectivity index (χ3n) is 2.20. The molecule has 18 heavy (non-hydrogen) atoms. The zero-order valence-electron chi connectivity index (χ0n) is 9.59. The Labute approximate surface area is 117 Å². The largest absolute Gasteiger partial charge is 0.465 e. The molecule has 2 rings (SSSR count). The summed E-state index contributed by atoms with van der Waals surface area (Å²) in [6.07, 6.45) is 5.35. The summed E-state index contributed by atoms with van der Waals surface area (Å²) in [6, 6.07) is 7.94. The van der Waals surface area contributed by atoms with E-state index in [9.17, 15) is 4.79 Å². The maximum Gasteiger partial charge on any atom is 0.349 e. The lowest BCUT2D eigenvalue weighted by Gasteiger charge is -1.92. The molecule has 0 N–H and O–H groups in total. The van der Waals surface area contributed by atoms with Crippen LogP contribution in [-0.4, -0.2) is 18.1 Å². The second kappa shape index (κ2) is 5.93. The molecular formula is C13H10BrNO2S. The number of carbonyl (C=O) groups excluding carboxylic acids is 1. The fraction of sp³-hybridized carbons (Fsp3) is 0.0769. The van der Waals surface area contributed by atoms with Crippen LogP contribution in [0.3, 0.4) is 0 Å². The number of methoxy groups -OCH3 is 1. The van der Waals surface area contributed by atoms with Crippen LogP contribution in [0, 0.1) is 0 Å².